The molecule has 0 aromatic heterocycles. The van der Waals surface area contributed by atoms with E-state index in [9.17, 15) is 0 Å². The fourth-order valence-corrected chi connectivity index (χ4v) is 1.76. The lowest BCUT2D eigenvalue weighted by atomic mass is 10.2. The summed E-state index contributed by atoms with van der Waals surface area (Å²) in [7, 11) is 1.74. The zero-order chi connectivity index (χ0) is 10.8. The van der Waals surface area contributed by atoms with Crippen LogP contribution in [0.3, 0.4) is 0 Å². The van der Waals surface area contributed by atoms with E-state index < -0.39 is 0 Å². The number of hydrogen-bond donors (Lipinski definition) is 0. The van der Waals surface area contributed by atoms with Crippen molar-refractivity contribution >= 4 is 0 Å². The fraction of sp³-hybridized carbons (Fsp3) is 0.909. The average molecular weight is 198 g/mol. The van der Waals surface area contributed by atoms with E-state index in [1.807, 2.05) is 13.8 Å². The lowest BCUT2D eigenvalue weighted by Gasteiger charge is -2.22. The van der Waals surface area contributed by atoms with Crippen molar-refractivity contribution in [2.75, 3.05) is 26.8 Å². The largest absolute Gasteiger partial charge is 0.383 e. The number of hydrogen-bond acceptors (Lipinski definition) is 3. The van der Waals surface area contributed by atoms with Gasteiger partial charge in [0.2, 0.25) is 0 Å². The maximum Gasteiger partial charge on any atom is 0.0635 e. The first kappa shape index (κ1) is 13.4. The third kappa shape index (κ3) is 4.59. The Morgan fingerprint density at radius 1 is 1.50 bits per heavy atom. The van der Waals surface area contributed by atoms with Gasteiger partial charge in [-0.15, -0.1) is 0 Å². The standard InChI is InChI=1S/C9H16N2O.C2H6/c1-12-8-9-4-2-6-11(9)7-3-5-10;1-2/h9H,2-4,6-8H2,1H3;1-2H3. The van der Waals surface area contributed by atoms with Crippen LogP contribution < -0.4 is 0 Å². The van der Waals surface area contributed by atoms with Crippen LogP contribution in [0, 0.1) is 11.3 Å². The van der Waals surface area contributed by atoms with Crippen LogP contribution in [0.2, 0.25) is 0 Å². The second-order valence-electron chi connectivity index (χ2n) is 3.20. The van der Waals surface area contributed by atoms with Crippen molar-refractivity contribution in [3.63, 3.8) is 0 Å². The van der Waals surface area contributed by atoms with Gasteiger partial charge in [0.15, 0.2) is 0 Å². The third-order valence-electron chi connectivity index (χ3n) is 2.37. The highest BCUT2D eigenvalue weighted by Crippen LogP contribution is 2.16. The lowest BCUT2D eigenvalue weighted by molar-refractivity contribution is 0.117. The summed E-state index contributed by atoms with van der Waals surface area (Å²) in [5.41, 5.74) is 0. The van der Waals surface area contributed by atoms with E-state index in [0.717, 1.165) is 19.7 Å². The maximum atomic E-state index is 8.43. The molecule has 3 heteroatoms. The van der Waals surface area contributed by atoms with Crippen molar-refractivity contribution in [1.82, 2.24) is 4.90 Å². The van der Waals surface area contributed by atoms with Gasteiger partial charge in [0.1, 0.15) is 0 Å². The molecular formula is C11H22N2O. The molecule has 1 saturated heterocycles. The van der Waals surface area contributed by atoms with Gasteiger partial charge in [-0.1, -0.05) is 13.8 Å². The van der Waals surface area contributed by atoms with E-state index in [1.54, 1.807) is 7.11 Å². The quantitative estimate of drug-likeness (QED) is 0.693. The summed E-state index contributed by atoms with van der Waals surface area (Å²) in [5.74, 6) is 0. The lowest BCUT2D eigenvalue weighted by Crippen LogP contribution is -2.33. The molecule has 0 aliphatic carbocycles. The minimum atomic E-state index is 0.559. The Bertz CT molecular complexity index is 165. The van der Waals surface area contributed by atoms with Gasteiger partial charge in [-0.25, -0.2) is 0 Å². The smallest absolute Gasteiger partial charge is 0.0635 e. The number of nitriles is 1. The van der Waals surface area contributed by atoms with Gasteiger partial charge in [0, 0.05) is 26.1 Å². The summed E-state index contributed by atoms with van der Waals surface area (Å²) in [5, 5.41) is 8.43. The summed E-state index contributed by atoms with van der Waals surface area (Å²) < 4.78 is 5.11. The van der Waals surface area contributed by atoms with Crippen LogP contribution in [0.25, 0.3) is 0 Å². The van der Waals surface area contributed by atoms with Gasteiger partial charge in [-0.2, -0.15) is 5.26 Å². The molecule has 0 N–H and O–H groups in total. The Morgan fingerprint density at radius 2 is 2.21 bits per heavy atom. The Balaban J connectivity index is 0.000000791. The zero-order valence-corrected chi connectivity index (χ0v) is 9.62. The molecule has 1 fully saturated rings. The molecule has 1 aliphatic heterocycles. The van der Waals surface area contributed by atoms with Gasteiger partial charge < -0.3 is 4.74 Å². The second kappa shape index (κ2) is 8.98. The van der Waals surface area contributed by atoms with Crippen molar-refractivity contribution in [1.29, 1.82) is 5.26 Å². The third-order valence-corrected chi connectivity index (χ3v) is 2.37. The molecule has 0 saturated carbocycles. The first-order chi connectivity index (χ1) is 6.88. The highest BCUT2D eigenvalue weighted by atomic mass is 16.5. The monoisotopic (exact) mass is 198 g/mol. The van der Waals surface area contributed by atoms with Crippen LogP contribution in [0.15, 0.2) is 0 Å². The summed E-state index contributed by atoms with van der Waals surface area (Å²) in [6.07, 6.45) is 3.11. The molecule has 1 heterocycles. The molecule has 1 aliphatic rings. The molecule has 14 heavy (non-hydrogen) atoms. The molecule has 1 rings (SSSR count). The Morgan fingerprint density at radius 3 is 2.79 bits per heavy atom. The van der Waals surface area contributed by atoms with Crippen LogP contribution in [-0.2, 0) is 4.74 Å². The van der Waals surface area contributed by atoms with Crippen molar-refractivity contribution < 1.29 is 4.74 Å². The molecule has 0 aromatic rings. The number of likely N-dealkylation sites (tertiary alicyclic amines) is 1. The highest BCUT2D eigenvalue weighted by Gasteiger charge is 2.23. The van der Waals surface area contributed by atoms with Crippen molar-refractivity contribution in [2.24, 2.45) is 0 Å². The van der Waals surface area contributed by atoms with Crippen LogP contribution in [-0.4, -0.2) is 37.7 Å². The molecule has 0 amide bonds. The maximum absolute atomic E-state index is 8.43. The topological polar surface area (TPSA) is 36.3 Å². The van der Waals surface area contributed by atoms with Gasteiger partial charge in [0.05, 0.1) is 12.7 Å². The molecule has 0 spiro atoms. The summed E-state index contributed by atoms with van der Waals surface area (Å²) in [6, 6.07) is 2.73. The van der Waals surface area contributed by atoms with Gasteiger partial charge in [-0.05, 0) is 19.4 Å². The van der Waals surface area contributed by atoms with Crippen molar-refractivity contribution in [3.8, 4) is 6.07 Å². The van der Waals surface area contributed by atoms with Crippen LogP contribution in [0.4, 0.5) is 0 Å². The first-order valence-electron chi connectivity index (χ1n) is 5.48. The Labute approximate surface area is 87.7 Å². The van der Waals surface area contributed by atoms with Crippen LogP contribution in [0.5, 0.6) is 0 Å². The number of rotatable bonds is 4. The first-order valence-corrected chi connectivity index (χ1v) is 5.48. The average Bonchev–Trinajstić information content (AvgIpc) is 2.66. The SMILES string of the molecule is CC.COCC1CCCN1CCC#N. The van der Waals surface area contributed by atoms with E-state index in [1.165, 1.54) is 12.8 Å². The summed E-state index contributed by atoms with van der Waals surface area (Å²) >= 11 is 0. The molecule has 0 radical (unpaired) electrons. The van der Waals surface area contributed by atoms with Gasteiger partial charge >= 0.3 is 0 Å². The molecular weight excluding hydrogens is 176 g/mol. The molecule has 3 nitrogen and oxygen atoms in total. The van der Waals surface area contributed by atoms with Crippen LogP contribution >= 0.6 is 0 Å². The number of methoxy groups -OCH3 is 1. The molecule has 0 bridgehead atoms. The minimum Gasteiger partial charge on any atom is -0.383 e. The molecule has 1 unspecified atom stereocenters. The zero-order valence-electron chi connectivity index (χ0n) is 9.62. The van der Waals surface area contributed by atoms with E-state index >= 15 is 0 Å². The van der Waals surface area contributed by atoms with E-state index in [-0.39, 0.29) is 0 Å². The predicted molar refractivity (Wildman–Crippen MR) is 58.0 cm³/mol. The molecule has 1 atom stereocenters. The van der Waals surface area contributed by atoms with E-state index in [4.69, 9.17) is 10.00 Å². The second-order valence-corrected chi connectivity index (χ2v) is 3.20. The Kier molecular flexibility index (Phi) is 8.61. The number of ether oxygens (including phenoxy) is 1. The fourth-order valence-electron chi connectivity index (χ4n) is 1.76. The normalized spacial score (nSPS) is 21.1. The highest BCUT2D eigenvalue weighted by molar-refractivity contribution is 4.81. The van der Waals surface area contributed by atoms with Crippen molar-refractivity contribution in [3.05, 3.63) is 0 Å². The summed E-state index contributed by atoms with van der Waals surface area (Å²) in [6.45, 7) is 6.85. The van der Waals surface area contributed by atoms with E-state index in [2.05, 4.69) is 11.0 Å². The molecule has 0 aromatic carbocycles. The molecule has 82 valence electrons. The van der Waals surface area contributed by atoms with Crippen LogP contribution in [0.1, 0.15) is 33.1 Å². The van der Waals surface area contributed by atoms with Gasteiger partial charge in [-0.3, -0.25) is 4.90 Å². The van der Waals surface area contributed by atoms with Crippen molar-refractivity contribution in [2.45, 2.75) is 39.2 Å². The predicted octanol–water partition coefficient (Wildman–Crippen LogP) is 2.04. The number of nitrogens with zero attached hydrogens (tertiary/aromatic N) is 2. The van der Waals surface area contributed by atoms with Gasteiger partial charge in [0.25, 0.3) is 0 Å². The minimum absolute atomic E-state index is 0.559. The Hall–Kier alpha value is -0.590. The van der Waals surface area contributed by atoms with E-state index in [0.29, 0.717) is 12.5 Å². The summed E-state index contributed by atoms with van der Waals surface area (Å²) in [4.78, 5) is 2.35.